The first-order valence-corrected chi connectivity index (χ1v) is 12.8. The molecule has 0 amide bonds. The molecule has 0 unspecified atom stereocenters. The second-order valence-corrected chi connectivity index (χ2v) is 10.5. The molecule has 1 N–H and O–H groups in total. The van der Waals surface area contributed by atoms with Gasteiger partial charge in [-0.25, -0.2) is 8.42 Å². The lowest BCUT2D eigenvalue weighted by Crippen LogP contribution is -2.05. The highest BCUT2D eigenvalue weighted by Crippen LogP contribution is 2.42. The molecule has 5 rings (SSSR count). The number of H-pyrrole nitrogens is 1. The molecule has 162 valence electrons. The molecule has 0 aliphatic carbocycles. The van der Waals surface area contributed by atoms with Crippen LogP contribution in [0, 0.1) is 0 Å². The van der Waals surface area contributed by atoms with Gasteiger partial charge in [0, 0.05) is 20.7 Å². The molecule has 1 heterocycles. The normalized spacial score (nSPS) is 12.2. The summed E-state index contributed by atoms with van der Waals surface area (Å²) in [5.74, 6) is 0. The van der Waals surface area contributed by atoms with Gasteiger partial charge in [0.25, 0.3) is 0 Å². The lowest BCUT2D eigenvalue weighted by molar-refractivity contribution is 0.606. The Bertz CT molecular complexity index is 1520. The second kappa shape index (κ2) is 9.14. The first-order valence-electron chi connectivity index (χ1n) is 10.5. The number of rotatable bonds is 6. The summed E-state index contributed by atoms with van der Waals surface area (Å²) in [7, 11) is -3.80. The lowest BCUT2D eigenvalue weighted by atomic mass is 10.2. The third kappa shape index (κ3) is 4.38. The van der Waals surface area contributed by atoms with Crippen molar-refractivity contribution in [3.05, 3.63) is 127 Å². The molecule has 1 aromatic heterocycles. The van der Waals surface area contributed by atoms with E-state index in [1.165, 1.54) is 0 Å². The summed E-state index contributed by atoms with van der Waals surface area (Å²) < 4.78 is 27.8. The Hall–Kier alpha value is -3.54. The molecule has 0 saturated heterocycles. The Morgan fingerprint density at radius 3 is 1.97 bits per heavy atom. The molecule has 0 spiro atoms. The lowest BCUT2D eigenvalue weighted by Gasteiger charge is -2.12. The fraction of sp³-hybridized carbons (Fsp3) is 0. The highest BCUT2D eigenvalue weighted by molar-refractivity contribution is 8.01. The average Bonchev–Trinajstić information content (AvgIpc) is 3.22. The van der Waals surface area contributed by atoms with Gasteiger partial charge in [-0.1, -0.05) is 96.7 Å². The number of hydrogen-bond acceptors (Lipinski definition) is 3. The van der Waals surface area contributed by atoms with Crippen molar-refractivity contribution in [1.82, 2.24) is 4.98 Å². The average molecular weight is 468 g/mol. The summed E-state index contributed by atoms with van der Waals surface area (Å²) in [6, 6.07) is 36.1. The highest BCUT2D eigenvalue weighted by Gasteiger charge is 2.27. The number of benzene rings is 4. The van der Waals surface area contributed by atoms with Crippen molar-refractivity contribution in [3.63, 3.8) is 0 Å². The van der Waals surface area contributed by atoms with Gasteiger partial charge in [-0.2, -0.15) is 0 Å². The largest absolute Gasteiger partial charge is 0.353 e. The van der Waals surface area contributed by atoms with Crippen LogP contribution in [-0.4, -0.2) is 13.4 Å². The Morgan fingerprint density at radius 1 is 0.697 bits per heavy atom. The molecule has 33 heavy (non-hydrogen) atoms. The summed E-state index contributed by atoms with van der Waals surface area (Å²) >= 11 is 1.56. The van der Waals surface area contributed by atoms with Crippen LogP contribution >= 0.6 is 11.8 Å². The molecule has 0 saturated carbocycles. The molecule has 5 aromatic rings. The van der Waals surface area contributed by atoms with Gasteiger partial charge in [-0.15, -0.1) is 0 Å². The van der Waals surface area contributed by atoms with Gasteiger partial charge in [0.05, 0.1) is 15.5 Å². The fourth-order valence-corrected chi connectivity index (χ4v) is 6.34. The standard InChI is InChI=1S/C28H21NO2S2/c30-33(31,23-16-8-3-9-17-23)26(20-21-12-4-1-5-13-21)27-28(32-22-14-6-2-7-15-22)24-18-10-11-19-25(24)29-27/h1-20,29H/b26-20-. The summed E-state index contributed by atoms with van der Waals surface area (Å²) in [6.07, 6.45) is 1.75. The van der Waals surface area contributed by atoms with E-state index in [1.807, 2.05) is 91.0 Å². The Labute approximate surface area is 197 Å². The zero-order valence-corrected chi connectivity index (χ0v) is 19.3. The van der Waals surface area contributed by atoms with Crippen LogP contribution in [0.25, 0.3) is 21.9 Å². The number of aromatic amines is 1. The molecule has 0 aliphatic rings. The van der Waals surface area contributed by atoms with Crippen molar-refractivity contribution >= 4 is 43.5 Å². The summed E-state index contributed by atoms with van der Waals surface area (Å²) in [6.45, 7) is 0. The first-order chi connectivity index (χ1) is 16.1. The van der Waals surface area contributed by atoms with E-state index < -0.39 is 9.84 Å². The third-order valence-electron chi connectivity index (χ3n) is 5.31. The maximum atomic E-state index is 13.9. The van der Waals surface area contributed by atoms with Gasteiger partial charge in [0.2, 0.25) is 9.84 Å². The van der Waals surface area contributed by atoms with Crippen molar-refractivity contribution in [3.8, 4) is 0 Å². The van der Waals surface area contributed by atoms with E-state index in [0.29, 0.717) is 5.69 Å². The minimum Gasteiger partial charge on any atom is -0.353 e. The molecule has 0 aliphatic heterocycles. The van der Waals surface area contributed by atoms with Crippen LogP contribution in [0.15, 0.2) is 130 Å². The quantitative estimate of drug-likeness (QED) is 0.285. The topological polar surface area (TPSA) is 49.9 Å². The van der Waals surface area contributed by atoms with Crippen molar-refractivity contribution in [2.75, 3.05) is 0 Å². The van der Waals surface area contributed by atoms with Crippen molar-refractivity contribution in [2.24, 2.45) is 0 Å². The van der Waals surface area contributed by atoms with Gasteiger partial charge >= 0.3 is 0 Å². The van der Waals surface area contributed by atoms with Crippen molar-refractivity contribution in [1.29, 1.82) is 0 Å². The SMILES string of the molecule is O=S(=O)(/C(=C\c1ccccc1)c1[nH]c2ccccc2c1Sc1ccccc1)c1ccccc1. The van der Waals surface area contributed by atoms with Crippen LogP contribution in [0.5, 0.6) is 0 Å². The van der Waals surface area contributed by atoms with Crippen molar-refractivity contribution in [2.45, 2.75) is 14.7 Å². The van der Waals surface area contributed by atoms with Crippen LogP contribution in [-0.2, 0) is 9.84 Å². The zero-order chi connectivity index (χ0) is 22.7. The van der Waals surface area contributed by atoms with Gasteiger partial charge in [-0.3, -0.25) is 0 Å². The first kappa shape index (κ1) is 21.3. The van der Waals surface area contributed by atoms with Crippen LogP contribution in [0.1, 0.15) is 11.3 Å². The summed E-state index contributed by atoms with van der Waals surface area (Å²) in [4.78, 5) is 5.85. The molecular weight excluding hydrogens is 446 g/mol. The van der Waals surface area contributed by atoms with Crippen LogP contribution in [0.3, 0.4) is 0 Å². The van der Waals surface area contributed by atoms with Crippen LogP contribution in [0.2, 0.25) is 0 Å². The van der Waals surface area contributed by atoms with E-state index >= 15 is 0 Å². The predicted molar refractivity (Wildman–Crippen MR) is 137 cm³/mol. The van der Waals surface area contributed by atoms with E-state index in [0.717, 1.165) is 26.3 Å². The Balaban J connectivity index is 1.78. The molecule has 3 nitrogen and oxygen atoms in total. The number of para-hydroxylation sites is 1. The number of nitrogens with one attached hydrogen (secondary N) is 1. The second-order valence-electron chi connectivity index (χ2n) is 7.53. The number of aromatic nitrogens is 1. The Morgan fingerprint density at radius 2 is 1.27 bits per heavy atom. The van der Waals surface area contributed by atoms with Crippen molar-refractivity contribution < 1.29 is 8.42 Å². The fourth-order valence-electron chi connectivity index (χ4n) is 3.71. The number of fused-ring (bicyclic) bond motifs is 1. The van der Waals surface area contributed by atoms with E-state index in [4.69, 9.17) is 0 Å². The van der Waals surface area contributed by atoms with Gasteiger partial charge < -0.3 is 4.98 Å². The van der Waals surface area contributed by atoms with Crippen LogP contribution < -0.4 is 0 Å². The van der Waals surface area contributed by atoms with E-state index in [2.05, 4.69) is 4.98 Å². The van der Waals surface area contributed by atoms with Crippen LogP contribution in [0.4, 0.5) is 0 Å². The van der Waals surface area contributed by atoms with Gasteiger partial charge in [0.15, 0.2) is 0 Å². The number of sulfone groups is 1. The molecule has 0 bridgehead atoms. The maximum Gasteiger partial charge on any atom is 0.208 e. The monoisotopic (exact) mass is 467 g/mol. The van der Waals surface area contributed by atoms with E-state index in [1.54, 1.807) is 42.1 Å². The minimum atomic E-state index is -3.80. The molecule has 5 heteroatoms. The summed E-state index contributed by atoms with van der Waals surface area (Å²) in [5.41, 5.74) is 2.31. The molecule has 0 fully saturated rings. The molecule has 4 aromatic carbocycles. The maximum absolute atomic E-state index is 13.9. The van der Waals surface area contributed by atoms with Gasteiger partial charge in [-0.05, 0) is 42.0 Å². The summed E-state index contributed by atoms with van der Waals surface area (Å²) in [5, 5.41) is 0.989. The van der Waals surface area contributed by atoms with Gasteiger partial charge in [0.1, 0.15) is 0 Å². The molecule has 0 radical (unpaired) electrons. The predicted octanol–water partition coefficient (Wildman–Crippen LogP) is 7.29. The van der Waals surface area contributed by atoms with E-state index in [-0.39, 0.29) is 9.80 Å². The highest BCUT2D eigenvalue weighted by atomic mass is 32.2. The van der Waals surface area contributed by atoms with E-state index in [9.17, 15) is 8.42 Å². The smallest absolute Gasteiger partial charge is 0.208 e. The number of hydrogen-bond donors (Lipinski definition) is 1. The minimum absolute atomic E-state index is 0.245. The molecular formula is C28H21NO2S2. The zero-order valence-electron chi connectivity index (χ0n) is 17.7. The molecule has 0 atom stereocenters. The third-order valence-corrected chi connectivity index (χ3v) is 8.24. The Kier molecular flexibility index (Phi) is 5.90.